The number of benzene rings is 2. The maximum Gasteiger partial charge on any atom is 0.228 e. The van der Waals surface area contributed by atoms with Crippen LogP contribution in [0.4, 0.5) is 5.69 Å². The Morgan fingerprint density at radius 2 is 2.00 bits per heavy atom. The second-order valence-electron chi connectivity index (χ2n) is 5.38. The van der Waals surface area contributed by atoms with Crippen molar-refractivity contribution < 1.29 is 9.21 Å². The van der Waals surface area contributed by atoms with Crippen molar-refractivity contribution in [1.82, 2.24) is 0 Å². The van der Waals surface area contributed by atoms with Crippen molar-refractivity contribution in [3.63, 3.8) is 0 Å². The Balaban J connectivity index is 1.73. The third-order valence-electron chi connectivity index (χ3n) is 3.96. The number of hydrogen-bond donors (Lipinski definition) is 1. The molecule has 4 rings (SSSR count). The van der Waals surface area contributed by atoms with E-state index in [9.17, 15) is 4.79 Å². The zero-order chi connectivity index (χ0) is 14.2. The van der Waals surface area contributed by atoms with Gasteiger partial charge >= 0.3 is 0 Å². The second-order valence-corrected chi connectivity index (χ2v) is 5.38. The molecule has 3 aromatic rings. The van der Waals surface area contributed by atoms with E-state index in [1.165, 1.54) is 5.56 Å². The van der Waals surface area contributed by atoms with Crippen molar-refractivity contribution >= 4 is 22.4 Å². The molecule has 0 saturated heterocycles. The number of carbonyl (C=O) groups is 1. The molecule has 1 aliphatic rings. The van der Waals surface area contributed by atoms with Crippen LogP contribution in [0.25, 0.3) is 11.0 Å². The zero-order valence-corrected chi connectivity index (χ0v) is 11.6. The van der Waals surface area contributed by atoms with Crippen LogP contribution in [-0.4, -0.2) is 12.3 Å². The Labute approximate surface area is 122 Å². The highest BCUT2D eigenvalue weighted by Crippen LogP contribution is 2.26. The lowest BCUT2D eigenvalue weighted by Crippen LogP contribution is -2.12. The summed E-state index contributed by atoms with van der Waals surface area (Å²) in [6, 6.07) is 15.3. The molecule has 0 radical (unpaired) electrons. The van der Waals surface area contributed by atoms with Crippen LogP contribution in [0.1, 0.15) is 28.1 Å². The van der Waals surface area contributed by atoms with E-state index in [0.29, 0.717) is 11.3 Å². The van der Waals surface area contributed by atoms with Gasteiger partial charge in [-0.25, -0.2) is 0 Å². The molecule has 1 aliphatic heterocycles. The van der Waals surface area contributed by atoms with E-state index >= 15 is 0 Å². The summed E-state index contributed by atoms with van der Waals surface area (Å²) < 4.78 is 5.66. The van der Waals surface area contributed by atoms with E-state index in [1.807, 2.05) is 48.5 Å². The van der Waals surface area contributed by atoms with E-state index in [-0.39, 0.29) is 5.78 Å². The Morgan fingerprint density at radius 3 is 2.90 bits per heavy atom. The van der Waals surface area contributed by atoms with Gasteiger partial charge in [-0.3, -0.25) is 4.79 Å². The molecule has 0 aliphatic carbocycles. The Hall–Kier alpha value is -2.55. The van der Waals surface area contributed by atoms with Crippen LogP contribution < -0.4 is 5.32 Å². The third-order valence-corrected chi connectivity index (χ3v) is 3.96. The molecule has 2 aromatic carbocycles. The van der Waals surface area contributed by atoms with Crippen LogP contribution in [0.3, 0.4) is 0 Å². The maximum absolute atomic E-state index is 12.6. The molecule has 0 fully saturated rings. The van der Waals surface area contributed by atoms with Gasteiger partial charge in [0.25, 0.3) is 0 Å². The monoisotopic (exact) mass is 277 g/mol. The lowest BCUT2D eigenvalue weighted by Gasteiger charge is -2.18. The molecule has 104 valence electrons. The number of fused-ring (bicyclic) bond motifs is 2. The average Bonchev–Trinajstić information content (AvgIpc) is 2.97. The number of nitrogens with one attached hydrogen (secondary N) is 1. The highest BCUT2D eigenvalue weighted by molar-refractivity contribution is 6.09. The van der Waals surface area contributed by atoms with Gasteiger partial charge < -0.3 is 9.73 Å². The van der Waals surface area contributed by atoms with Gasteiger partial charge in [-0.05, 0) is 48.7 Å². The largest absolute Gasteiger partial charge is 0.453 e. The van der Waals surface area contributed by atoms with Gasteiger partial charge in [-0.15, -0.1) is 0 Å². The number of hydrogen-bond acceptors (Lipinski definition) is 3. The van der Waals surface area contributed by atoms with E-state index in [1.54, 1.807) is 0 Å². The maximum atomic E-state index is 12.6. The summed E-state index contributed by atoms with van der Waals surface area (Å²) in [5.74, 6) is 0.347. The van der Waals surface area contributed by atoms with Crippen molar-refractivity contribution in [3.05, 3.63) is 65.4 Å². The molecular formula is C18H15NO2. The van der Waals surface area contributed by atoms with Gasteiger partial charge in [0.05, 0.1) is 0 Å². The normalized spacial score (nSPS) is 13.7. The van der Waals surface area contributed by atoms with Crippen molar-refractivity contribution in [2.24, 2.45) is 0 Å². The van der Waals surface area contributed by atoms with E-state index in [4.69, 9.17) is 4.42 Å². The Bertz CT molecular complexity index is 799. The SMILES string of the molecule is O=C(c1ccc2c(c1)CCCN2)c1cc2ccccc2o1. The highest BCUT2D eigenvalue weighted by atomic mass is 16.3. The molecule has 1 aromatic heterocycles. The van der Waals surface area contributed by atoms with Crippen molar-refractivity contribution in [3.8, 4) is 0 Å². The zero-order valence-electron chi connectivity index (χ0n) is 11.6. The van der Waals surface area contributed by atoms with Crippen LogP contribution in [-0.2, 0) is 6.42 Å². The minimum Gasteiger partial charge on any atom is -0.453 e. The van der Waals surface area contributed by atoms with Gasteiger partial charge in [-0.2, -0.15) is 0 Å². The molecule has 3 nitrogen and oxygen atoms in total. The first kappa shape index (κ1) is 12.2. The van der Waals surface area contributed by atoms with Crippen LogP contribution in [0, 0.1) is 0 Å². The lowest BCUT2D eigenvalue weighted by molar-refractivity contribution is 0.101. The number of rotatable bonds is 2. The average molecular weight is 277 g/mol. The fourth-order valence-electron chi connectivity index (χ4n) is 2.85. The molecule has 21 heavy (non-hydrogen) atoms. The fourth-order valence-corrected chi connectivity index (χ4v) is 2.85. The summed E-state index contributed by atoms with van der Waals surface area (Å²) in [5.41, 5.74) is 3.79. The molecular weight excluding hydrogens is 262 g/mol. The van der Waals surface area contributed by atoms with Crippen molar-refractivity contribution in [1.29, 1.82) is 0 Å². The minimum atomic E-state index is -0.0560. The quantitative estimate of drug-likeness (QED) is 0.719. The standard InChI is InChI=1S/C18H15NO2/c20-18(17-11-13-4-1-2-6-16(13)21-17)14-7-8-15-12(10-14)5-3-9-19-15/h1-2,4,6-8,10-11,19H,3,5,9H2. The topological polar surface area (TPSA) is 42.2 Å². The summed E-state index contributed by atoms with van der Waals surface area (Å²) in [4.78, 5) is 12.6. The Morgan fingerprint density at radius 1 is 1.10 bits per heavy atom. The number of aryl methyl sites for hydroxylation is 1. The summed E-state index contributed by atoms with van der Waals surface area (Å²) in [6.07, 6.45) is 2.12. The molecule has 0 amide bonds. The summed E-state index contributed by atoms with van der Waals surface area (Å²) >= 11 is 0. The summed E-state index contributed by atoms with van der Waals surface area (Å²) in [7, 11) is 0. The van der Waals surface area contributed by atoms with Gasteiger partial charge in [0.2, 0.25) is 5.78 Å². The number of anilines is 1. The second kappa shape index (κ2) is 4.77. The van der Waals surface area contributed by atoms with E-state index in [0.717, 1.165) is 36.0 Å². The summed E-state index contributed by atoms with van der Waals surface area (Å²) in [6.45, 7) is 1.00. The first-order valence-corrected chi connectivity index (χ1v) is 7.21. The predicted octanol–water partition coefficient (Wildman–Crippen LogP) is 4.02. The molecule has 0 atom stereocenters. The van der Waals surface area contributed by atoms with E-state index < -0.39 is 0 Å². The predicted molar refractivity (Wildman–Crippen MR) is 82.9 cm³/mol. The number of ketones is 1. The smallest absolute Gasteiger partial charge is 0.228 e. The first-order chi connectivity index (χ1) is 10.3. The minimum absolute atomic E-state index is 0.0560. The van der Waals surface area contributed by atoms with Gasteiger partial charge in [0.15, 0.2) is 5.76 Å². The number of para-hydroxylation sites is 1. The third kappa shape index (κ3) is 2.11. The molecule has 0 spiro atoms. The molecule has 2 heterocycles. The van der Waals surface area contributed by atoms with Crippen molar-refractivity contribution in [2.75, 3.05) is 11.9 Å². The van der Waals surface area contributed by atoms with Crippen LogP contribution >= 0.6 is 0 Å². The highest BCUT2D eigenvalue weighted by Gasteiger charge is 2.17. The summed E-state index contributed by atoms with van der Waals surface area (Å²) in [5, 5.41) is 4.31. The number of carbonyl (C=O) groups excluding carboxylic acids is 1. The van der Waals surface area contributed by atoms with Crippen LogP contribution in [0.5, 0.6) is 0 Å². The van der Waals surface area contributed by atoms with Gasteiger partial charge in [0.1, 0.15) is 5.58 Å². The fraction of sp³-hybridized carbons (Fsp3) is 0.167. The molecule has 0 bridgehead atoms. The number of furan rings is 1. The molecule has 0 saturated carbocycles. The molecule has 0 unspecified atom stereocenters. The first-order valence-electron chi connectivity index (χ1n) is 7.21. The van der Waals surface area contributed by atoms with Crippen molar-refractivity contribution in [2.45, 2.75) is 12.8 Å². The van der Waals surface area contributed by atoms with E-state index in [2.05, 4.69) is 5.32 Å². The van der Waals surface area contributed by atoms with Gasteiger partial charge in [-0.1, -0.05) is 18.2 Å². The van der Waals surface area contributed by atoms with Gasteiger partial charge in [0, 0.05) is 23.2 Å². The molecule has 3 heteroatoms. The lowest BCUT2D eigenvalue weighted by atomic mass is 9.98. The van der Waals surface area contributed by atoms with Crippen LogP contribution in [0.15, 0.2) is 52.9 Å². The Kier molecular flexibility index (Phi) is 2.78. The molecule has 1 N–H and O–H groups in total. The van der Waals surface area contributed by atoms with Crippen LogP contribution in [0.2, 0.25) is 0 Å².